The molecular formula is C24H25Cl2N5O. The van der Waals surface area contributed by atoms with Gasteiger partial charge in [0.1, 0.15) is 5.54 Å². The number of amides is 1. The van der Waals surface area contributed by atoms with E-state index >= 15 is 0 Å². The van der Waals surface area contributed by atoms with Crippen molar-refractivity contribution in [2.45, 2.75) is 25.3 Å². The van der Waals surface area contributed by atoms with Crippen LogP contribution in [0, 0.1) is 0 Å². The molecule has 0 unspecified atom stereocenters. The van der Waals surface area contributed by atoms with Crippen molar-refractivity contribution in [1.29, 1.82) is 0 Å². The molecule has 3 aromatic rings. The molecule has 8 heteroatoms. The quantitative estimate of drug-likeness (QED) is 0.552. The van der Waals surface area contributed by atoms with Crippen LogP contribution < -0.4 is 16.0 Å². The lowest BCUT2D eigenvalue weighted by Gasteiger charge is -2.40. The summed E-state index contributed by atoms with van der Waals surface area (Å²) >= 11 is 12.6. The zero-order valence-electron chi connectivity index (χ0n) is 17.8. The minimum atomic E-state index is -0.680. The SMILES string of the molecule is CCNC1(C(N)=O)CCN(c2ncc(-c3ccc(Cl)cc3)c(-c3ccccc3Cl)n2)CC1. The number of carbonyl (C=O) groups is 1. The molecule has 0 atom stereocenters. The predicted molar refractivity (Wildman–Crippen MR) is 130 cm³/mol. The molecular weight excluding hydrogens is 445 g/mol. The second-order valence-corrected chi connectivity index (χ2v) is 8.73. The minimum Gasteiger partial charge on any atom is -0.368 e. The Morgan fingerprint density at radius 2 is 1.78 bits per heavy atom. The first kappa shape index (κ1) is 22.5. The van der Waals surface area contributed by atoms with Gasteiger partial charge in [0.05, 0.1) is 5.69 Å². The van der Waals surface area contributed by atoms with Crippen molar-refractivity contribution in [3.8, 4) is 22.4 Å². The van der Waals surface area contributed by atoms with Crippen molar-refractivity contribution in [2.75, 3.05) is 24.5 Å². The first-order chi connectivity index (χ1) is 15.4. The van der Waals surface area contributed by atoms with E-state index in [2.05, 4.69) is 15.2 Å². The van der Waals surface area contributed by atoms with Crippen molar-refractivity contribution in [2.24, 2.45) is 5.73 Å². The zero-order valence-corrected chi connectivity index (χ0v) is 19.3. The third-order valence-electron chi connectivity index (χ3n) is 5.95. The molecule has 1 aromatic heterocycles. The van der Waals surface area contributed by atoms with Crippen LogP contribution in [0.1, 0.15) is 19.8 Å². The van der Waals surface area contributed by atoms with E-state index in [0.717, 1.165) is 22.4 Å². The van der Waals surface area contributed by atoms with Crippen LogP contribution in [0.15, 0.2) is 54.7 Å². The third-order valence-corrected chi connectivity index (χ3v) is 6.53. The van der Waals surface area contributed by atoms with Gasteiger partial charge in [-0.1, -0.05) is 60.5 Å². The number of aromatic nitrogens is 2. The smallest absolute Gasteiger partial charge is 0.237 e. The Hall–Kier alpha value is -2.67. The number of hydrogen-bond donors (Lipinski definition) is 2. The van der Waals surface area contributed by atoms with E-state index in [1.54, 1.807) is 0 Å². The standard InChI is InChI=1S/C24H25Cl2N5O/c1-2-29-24(22(27)32)11-13-31(14-12-24)23-28-15-19(16-7-9-17(25)10-8-16)21(30-23)18-5-3-4-6-20(18)26/h3-10,15,29H,2,11-14H2,1H3,(H2,27,32). The summed E-state index contributed by atoms with van der Waals surface area (Å²) in [6.07, 6.45) is 3.02. The number of halogens is 2. The van der Waals surface area contributed by atoms with Gasteiger partial charge in [0, 0.05) is 40.5 Å². The summed E-state index contributed by atoms with van der Waals surface area (Å²) in [6, 6.07) is 15.2. The van der Waals surface area contributed by atoms with E-state index < -0.39 is 5.54 Å². The Bertz CT molecular complexity index is 1110. The Labute approximate surface area is 197 Å². The highest BCUT2D eigenvalue weighted by molar-refractivity contribution is 6.33. The lowest BCUT2D eigenvalue weighted by atomic mass is 9.86. The summed E-state index contributed by atoms with van der Waals surface area (Å²) in [5.41, 5.74) is 8.44. The maximum atomic E-state index is 12.1. The first-order valence-electron chi connectivity index (χ1n) is 10.6. The van der Waals surface area contributed by atoms with Crippen LogP contribution in [0.3, 0.4) is 0 Å². The average molecular weight is 470 g/mol. The number of nitrogens with one attached hydrogen (secondary N) is 1. The van der Waals surface area contributed by atoms with Crippen LogP contribution in [0.4, 0.5) is 5.95 Å². The number of rotatable bonds is 6. The normalized spacial score (nSPS) is 15.5. The number of nitrogens with zero attached hydrogens (tertiary/aromatic N) is 3. The van der Waals surface area contributed by atoms with E-state index in [1.165, 1.54) is 0 Å². The Morgan fingerprint density at radius 3 is 2.41 bits per heavy atom. The molecule has 0 saturated carbocycles. The number of primary amides is 1. The summed E-state index contributed by atoms with van der Waals surface area (Å²) in [7, 11) is 0. The van der Waals surface area contributed by atoms with Crippen LogP contribution in [0.2, 0.25) is 10.0 Å². The van der Waals surface area contributed by atoms with Gasteiger partial charge in [-0.15, -0.1) is 0 Å². The Balaban J connectivity index is 1.71. The molecule has 1 fully saturated rings. The van der Waals surface area contributed by atoms with E-state index in [1.807, 2.05) is 61.7 Å². The van der Waals surface area contributed by atoms with Gasteiger partial charge in [-0.2, -0.15) is 0 Å². The van der Waals surface area contributed by atoms with Crippen LogP contribution in [0.5, 0.6) is 0 Å². The van der Waals surface area contributed by atoms with Crippen molar-refractivity contribution in [1.82, 2.24) is 15.3 Å². The second kappa shape index (κ2) is 9.45. The summed E-state index contributed by atoms with van der Waals surface area (Å²) < 4.78 is 0. The fraction of sp³-hybridized carbons (Fsp3) is 0.292. The van der Waals surface area contributed by atoms with Crippen molar-refractivity contribution < 1.29 is 4.79 Å². The Morgan fingerprint density at radius 1 is 1.09 bits per heavy atom. The zero-order chi connectivity index (χ0) is 22.7. The average Bonchev–Trinajstić information content (AvgIpc) is 2.80. The van der Waals surface area contributed by atoms with Gasteiger partial charge in [0.25, 0.3) is 0 Å². The number of piperidine rings is 1. The number of anilines is 1. The molecule has 2 aromatic carbocycles. The van der Waals surface area contributed by atoms with Gasteiger partial charge < -0.3 is 16.0 Å². The Kier molecular flexibility index (Phi) is 6.65. The topological polar surface area (TPSA) is 84.1 Å². The fourth-order valence-electron chi connectivity index (χ4n) is 4.16. The fourth-order valence-corrected chi connectivity index (χ4v) is 4.51. The van der Waals surface area contributed by atoms with Crippen LogP contribution in [-0.2, 0) is 4.79 Å². The monoisotopic (exact) mass is 469 g/mol. The van der Waals surface area contributed by atoms with Crippen molar-refractivity contribution in [3.05, 3.63) is 64.8 Å². The molecule has 6 nitrogen and oxygen atoms in total. The first-order valence-corrected chi connectivity index (χ1v) is 11.4. The van der Waals surface area contributed by atoms with E-state index in [0.29, 0.717) is 48.5 Å². The van der Waals surface area contributed by atoms with Crippen molar-refractivity contribution in [3.63, 3.8) is 0 Å². The number of hydrogen-bond acceptors (Lipinski definition) is 5. The largest absolute Gasteiger partial charge is 0.368 e. The van der Waals surface area contributed by atoms with Gasteiger partial charge in [0.2, 0.25) is 11.9 Å². The number of likely N-dealkylation sites (N-methyl/N-ethyl adjacent to an activating group) is 1. The molecule has 0 radical (unpaired) electrons. The molecule has 0 spiro atoms. The molecule has 0 bridgehead atoms. The highest BCUT2D eigenvalue weighted by Gasteiger charge is 2.39. The maximum absolute atomic E-state index is 12.1. The predicted octanol–water partition coefficient (Wildman–Crippen LogP) is 4.55. The molecule has 1 amide bonds. The second-order valence-electron chi connectivity index (χ2n) is 7.88. The molecule has 3 N–H and O–H groups in total. The number of carbonyl (C=O) groups excluding carboxylic acids is 1. The lowest BCUT2D eigenvalue weighted by molar-refractivity contribution is -0.125. The maximum Gasteiger partial charge on any atom is 0.237 e. The summed E-state index contributed by atoms with van der Waals surface area (Å²) in [6.45, 7) is 3.91. The molecule has 1 aliphatic rings. The van der Waals surface area contributed by atoms with E-state index in [4.69, 9.17) is 33.9 Å². The highest BCUT2D eigenvalue weighted by atomic mass is 35.5. The molecule has 166 valence electrons. The lowest BCUT2D eigenvalue weighted by Crippen LogP contribution is -2.61. The van der Waals surface area contributed by atoms with Gasteiger partial charge in [0.15, 0.2) is 0 Å². The molecule has 0 aliphatic carbocycles. The third kappa shape index (κ3) is 4.44. The summed E-state index contributed by atoms with van der Waals surface area (Å²) in [5, 5.41) is 4.56. The van der Waals surface area contributed by atoms with Gasteiger partial charge in [-0.3, -0.25) is 4.79 Å². The van der Waals surface area contributed by atoms with E-state index in [9.17, 15) is 4.79 Å². The molecule has 1 aliphatic heterocycles. The van der Waals surface area contributed by atoms with Crippen LogP contribution in [-0.4, -0.2) is 41.0 Å². The van der Waals surface area contributed by atoms with Crippen LogP contribution in [0.25, 0.3) is 22.4 Å². The summed E-state index contributed by atoms with van der Waals surface area (Å²) in [5.74, 6) is 0.293. The van der Waals surface area contributed by atoms with Crippen molar-refractivity contribution >= 4 is 35.1 Å². The molecule has 4 rings (SSSR count). The minimum absolute atomic E-state index is 0.310. The number of nitrogens with two attached hydrogens (primary N) is 1. The van der Waals surface area contributed by atoms with Gasteiger partial charge in [-0.25, -0.2) is 9.97 Å². The molecule has 2 heterocycles. The summed E-state index contributed by atoms with van der Waals surface area (Å²) in [4.78, 5) is 23.8. The van der Waals surface area contributed by atoms with Gasteiger partial charge >= 0.3 is 0 Å². The molecule has 32 heavy (non-hydrogen) atoms. The molecule has 1 saturated heterocycles. The van der Waals surface area contributed by atoms with Crippen LogP contribution >= 0.6 is 23.2 Å². The number of benzene rings is 2. The van der Waals surface area contributed by atoms with Gasteiger partial charge in [-0.05, 0) is 43.1 Å². The van der Waals surface area contributed by atoms with E-state index in [-0.39, 0.29) is 5.91 Å². The highest BCUT2D eigenvalue weighted by Crippen LogP contribution is 2.36.